The van der Waals surface area contributed by atoms with E-state index in [2.05, 4.69) is 15.6 Å². The standard InChI is InChI=1S/C24H31N3O2/c1-15(14-28)25-22-9-21(19-4-2-3-5-20(19)26-22)27-23(29)13-24-10-16-6-17(11-24)8-18(7-16)12-24/h2-5,9,15-18,28H,6-8,10-14H2,1H3,(H2,25,26,27,29). The maximum absolute atomic E-state index is 13.1. The summed E-state index contributed by atoms with van der Waals surface area (Å²) in [6.45, 7) is 1.93. The van der Waals surface area contributed by atoms with Crippen molar-refractivity contribution in [3.63, 3.8) is 0 Å². The second kappa shape index (κ2) is 7.28. The molecule has 5 nitrogen and oxygen atoms in total. The van der Waals surface area contributed by atoms with Crippen molar-refractivity contribution in [1.82, 2.24) is 4.98 Å². The lowest BCUT2D eigenvalue weighted by molar-refractivity contribution is -0.124. The van der Waals surface area contributed by atoms with Gasteiger partial charge in [-0.15, -0.1) is 0 Å². The van der Waals surface area contributed by atoms with E-state index in [-0.39, 0.29) is 24.0 Å². The molecule has 4 fully saturated rings. The second-order valence-corrected chi connectivity index (χ2v) is 9.94. The van der Waals surface area contributed by atoms with Gasteiger partial charge in [-0.3, -0.25) is 4.79 Å². The Hall–Kier alpha value is -2.14. The minimum Gasteiger partial charge on any atom is -0.394 e. The number of nitrogens with one attached hydrogen (secondary N) is 2. The molecular formula is C24H31N3O2. The van der Waals surface area contributed by atoms with Crippen LogP contribution in [0.25, 0.3) is 10.9 Å². The topological polar surface area (TPSA) is 74.2 Å². The molecule has 1 heterocycles. The fourth-order valence-corrected chi connectivity index (χ4v) is 6.69. The van der Waals surface area contributed by atoms with Gasteiger partial charge in [-0.2, -0.15) is 0 Å². The molecule has 1 atom stereocenters. The summed E-state index contributed by atoms with van der Waals surface area (Å²) >= 11 is 0. The monoisotopic (exact) mass is 393 g/mol. The van der Waals surface area contributed by atoms with Crippen molar-refractivity contribution in [3.8, 4) is 0 Å². The van der Waals surface area contributed by atoms with Crippen LogP contribution in [0.1, 0.15) is 51.9 Å². The molecule has 1 amide bonds. The van der Waals surface area contributed by atoms with Crippen LogP contribution in [-0.2, 0) is 4.79 Å². The van der Waals surface area contributed by atoms with Crippen LogP contribution >= 0.6 is 0 Å². The molecule has 4 aliphatic carbocycles. The van der Waals surface area contributed by atoms with Gasteiger partial charge in [-0.25, -0.2) is 4.98 Å². The Morgan fingerprint density at radius 3 is 2.48 bits per heavy atom. The van der Waals surface area contributed by atoms with Gasteiger partial charge < -0.3 is 15.7 Å². The fourth-order valence-electron chi connectivity index (χ4n) is 6.69. The van der Waals surface area contributed by atoms with E-state index >= 15 is 0 Å². The number of benzene rings is 1. The number of hydrogen-bond donors (Lipinski definition) is 3. The summed E-state index contributed by atoms with van der Waals surface area (Å²) in [5, 5.41) is 16.7. The number of carbonyl (C=O) groups is 1. The second-order valence-electron chi connectivity index (χ2n) is 9.94. The highest BCUT2D eigenvalue weighted by Gasteiger charge is 2.51. The molecule has 0 spiro atoms. The number of para-hydroxylation sites is 1. The van der Waals surface area contributed by atoms with E-state index in [0.29, 0.717) is 12.2 Å². The third kappa shape index (κ3) is 3.73. The highest BCUT2D eigenvalue weighted by Crippen LogP contribution is 2.61. The minimum atomic E-state index is -0.0979. The summed E-state index contributed by atoms with van der Waals surface area (Å²) in [5.74, 6) is 3.37. The first-order chi connectivity index (χ1) is 14.0. The van der Waals surface area contributed by atoms with Gasteiger partial charge in [0.05, 0.1) is 17.8 Å². The number of anilines is 2. The Morgan fingerprint density at radius 2 is 1.83 bits per heavy atom. The molecular weight excluding hydrogens is 362 g/mol. The highest BCUT2D eigenvalue weighted by molar-refractivity contribution is 6.02. The normalized spacial score (nSPS) is 31.0. The first-order valence-corrected chi connectivity index (χ1v) is 11.1. The molecule has 6 rings (SSSR count). The molecule has 0 aliphatic heterocycles. The average molecular weight is 394 g/mol. The summed E-state index contributed by atoms with van der Waals surface area (Å²) < 4.78 is 0. The zero-order valence-corrected chi connectivity index (χ0v) is 17.2. The number of nitrogens with zero attached hydrogens (tertiary/aromatic N) is 1. The van der Waals surface area contributed by atoms with Crippen LogP contribution in [0.2, 0.25) is 0 Å². The van der Waals surface area contributed by atoms with Crippen LogP contribution in [0.4, 0.5) is 11.5 Å². The van der Waals surface area contributed by atoms with Crippen molar-refractivity contribution in [2.45, 2.75) is 57.9 Å². The van der Waals surface area contributed by atoms with Crippen molar-refractivity contribution in [2.75, 3.05) is 17.2 Å². The van der Waals surface area contributed by atoms with E-state index in [1.54, 1.807) is 0 Å². The molecule has 1 aromatic carbocycles. The van der Waals surface area contributed by atoms with E-state index < -0.39 is 0 Å². The molecule has 3 N–H and O–H groups in total. The first kappa shape index (κ1) is 18.9. The van der Waals surface area contributed by atoms with Crippen LogP contribution in [0.5, 0.6) is 0 Å². The number of amides is 1. The maximum Gasteiger partial charge on any atom is 0.224 e. The number of carbonyl (C=O) groups excluding carboxylic acids is 1. The number of aliphatic hydroxyl groups excluding tert-OH is 1. The molecule has 4 aliphatic rings. The summed E-state index contributed by atoms with van der Waals surface area (Å²) in [5.41, 5.74) is 1.87. The van der Waals surface area contributed by atoms with E-state index in [1.165, 1.54) is 38.5 Å². The number of aromatic nitrogens is 1. The smallest absolute Gasteiger partial charge is 0.224 e. The summed E-state index contributed by atoms with van der Waals surface area (Å²) in [7, 11) is 0. The Labute approximate surface area is 172 Å². The lowest BCUT2D eigenvalue weighted by Crippen LogP contribution is -2.47. The highest BCUT2D eigenvalue weighted by atomic mass is 16.3. The van der Waals surface area contributed by atoms with Gasteiger partial charge in [0.15, 0.2) is 0 Å². The lowest BCUT2D eigenvalue weighted by Gasteiger charge is -2.56. The quantitative estimate of drug-likeness (QED) is 0.672. The van der Waals surface area contributed by atoms with Gasteiger partial charge in [0.25, 0.3) is 0 Å². The van der Waals surface area contributed by atoms with Gasteiger partial charge in [0, 0.05) is 23.9 Å². The SMILES string of the molecule is CC(CO)Nc1cc(NC(=O)CC23CC4CC(CC(C4)C2)C3)c2ccccc2n1. The third-order valence-corrected chi connectivity index (χ3v) is 7.36. The molecule has 5 heteroatoms. The number of hydrogen-bond acceptors (Lipinski definition) is 4. The summed E-state index contributed by atoms with van der Waals surface area (Å²) in [4.78, 5) is 17.8. The zero-order chi connectivity index (χ0) is 20.0. The molecule has 0 radical (unpaired) electrons. The lowest BCUT2D eigenvalue weighted by atomic mass is 9.49. The molecule has 4 saturated carbocycles. The largest absolute Gasteiger partial charge is 0.394 e. The Kier molecular flexibility index (Phi) is 4.73. The van der Waals surface area contributed by atoms with E-state index in [0.717, 1.165) is 34.3 Å². The first-order valence-electron chi connectivity index (χ1n) is 11.1. The molecule has 1 aromatic heterocycles. The van der Waals surface area contributed by atoms with Gasteiger partial charge in [-0.1, -0.05) is 18.2 Å². The van der Waals surface area contributed by atoms with Crippen LogP contribution in [0, 0.1) is 23.2 Å². The van der Waals surface area contributed by atoms with E-state index in [1.807, 2.05) is 37.3 Å². The van der Waals surface area contributed by atoms with Crippen molar-refractivity contribution in [1.29, 1.82) is 0 Å². The van der Waals surface area contributed by atoms with Crippen LogP contribution in [-0.4, -0.2) is 28.6 Å². The third-order valence-electron chi connectivity index (χ3n) is 7.36. The Bertz CT molecular complexity index is 890. The molecule has 29 heavy (non-hydrogen) atoms. The summed E-state index contributed by atoms with van der Waals surface area (Å²) in [6, 6.07) is 9.68. The van der Waals surface area contributed by atoms with Crippen LogP contribution < -0.4 is 10.6 Å². The molecule has 2 aromatic rings. The van der Waals surface area contributed by atoms with Crippen LogP contribution in [0.15, 0.2) is 30.3 Å². The molecule has 0 saturated heterocycles. The zero-order valence-electron chi connectivity index (χ0n) is 17.2. The Morgan fingerprint density at radius 1 is 1.17 bits per heavy atom. The van der Waals surface area contributed by atoms with Gasteiger partial charge in [0.2, 0.25) is 5.91 Å². The Balaban J connectivity index is 1.37. The average Bonchev–Trinajstić information content (AvgIpc) is 2.66. The summed E-state index contributed by atoms with van der Waals surface area (Å²) in [6.07, 6.45) is 8.55. The number of fused-ring (bicyclic) bond motifs is 1. The van der Waals surface area contributed by atoms with Gasteiger partial charge >= 0.3 is 0 Å². The maximum atomic E-state index is 13.1. The minimum absolute atomic E-state index is 0.0300. The predicted molar refractivity (Wildman–Crippen MR) is 116 cm³/mol. The number of aliphatic hydroxyl groups is 1. The van der Waals surface area contributed by atoms with Gasteiger partial charge in [0.1, 0.15) is 5.82 Å². The van der Waals surface area contributed by atoms with Crippen molar-refractivity contribution in [3.05, 3.63) is 30.3 Å². The molecule has 4 bridgehead atoms. The fraction of sp³-hybridized carbons (Fsp3) is 0.583. The van der Waals surface area contributed by atoms with E-state index in [4.69, 9.17) is 0 Å². The van der Waals surface area contributed by atoms with Crippen molar-refractivity contribution < 1.29 is 9.90 Å². The predicted octanol–water partition coefficient (Wildman–Crippen LogP) is 4.57. The molecule has 1 unspecified atom stereocenters. The van der Waals surface area contributed by atoms with Crippen molar-refractivity contribution >= 4 is 28.3 Å². The van der Waals surface area contributed by atoms with Crippen LogP contribution in [0.3, 0.4) is 0 Å². The number of pyridine rings is 1. The molecule has 154 valence electrons. The number of rotatable bonds is 6. The van der Waals surface area contributed by atoms with Crippen molar-refractivity contribution in [2.24, 2.45) is 23.2 Å². The van der Waals surface area contributed by atoms with E-state index in [9.17, 15) is 9.90 Å². The van der Waals surface area contributed by atoms with Gasteiger partial charge in [-0.05, 0) is 74.7 Å².